The smallest absolute Gasteiger partial charge is 0.363 e. The summed E-state index contributed by atoms with van der Waals surface area (Å²) in [5, 5.41) is 0. The molecule has 0 atom stereocenters. The lowest BCUT2D eigenvalue weighted by molar-refractivity contribution is -0.129. The zero-order chi connectivity index (χ0) is 17.8. The number of cyclic esters (lactones) is 1. The zero-order valence-corrected chi connectivity index (χ0v) is 14.4. The summed E-state index contributed by atoms with van der Waals surface area (Å²) in [7, 11) is 1.61. The monoisotopic (exact) mass is 337 g/mol. The summed E-state index contributed by atoms with van der Waals surface area (Å²) in [6.07, 6.45) is 1.79. The van der Waals surface area contributed by atoms with Crippen LogP contribution in [0.4, 0.5) is 0 Å². The van der Waals surface area contributed by atoms with Crippen LogP contribution in [-0.4, -0.2) is 25.1 Å². The molecule has 0 N–H and O–H groups in total. The Morgan fingerprint density at radius 1 is 1.00 bits per heavy atom. The van der Waals surface area contributed by atoms with E-state index in [2.05, 4.69) is 4.99 Å². The number of carbonyl (C=O) groups excluding carboxylic acids is 1. The molecule has 3 rings (SSSR count). The summed E-state index contributed by atoms with van der Waals surface area (Å²) in [5.74, 6) is 1.34. The Morgan fingerprint density at radius 2 is 1.64 bits per heavy atom. The van der Waals surface area contributed by atoms with Crippen molar-refractivity contribution in [1.29, 1.82) is 0 Å². The Labute approximate surface area is 146 Å². The fourth-order valence-corrected chi connectivity index (χ4v) is 2.34. The van der Waals surface area contributed by atoms with Gasteiger partial charge in [-0.15, -0.1) is 0 Å². The van der Waals surface area contributed by atoms with Crippen LogP contribution < -0.4 is 9.47 Å². The Morgan fingerprint density at radius 3 is 2.24 bits per heavy atom. The minimum atomic E-state index is -0.465. The minimum Gasteiger partial charge on any atom is -0.497 e. The van der Waals surface area contributed by atoms with E-state index >= 15 is 0 Å². The van der Waals surface area contributed by atoms with Crippen LogP contribution in [0.2, 0.25) is 0 Å². The first-order chi connectivity index (χ1) is 12.0. The largest absolute Gasteiger partial charge is 0.497 e. The van der Waals surface area contributed by atoms with Crippen LogP contribution >= 0.6 is 0 Å². The lowest BCUT2D eigenvalue weighted by Gasteiger charge is -2.09. The van der Waals surface area contributed by atoms with Gasteiger partial charge in [-0.3, -0.25) is 0 Å². The van der Waals surface area contributed by atoms with Gasteiger partial charge in [0.25, 0.3) is 0 Å². The topological polar surface area (TPSA) is 57.1 Å². The molecule has 1 aliphatic rings. The van der Waals surface area contributed by atoms with E-state index in [4.69, 9.17) is 14.2 Å². The van der Waals surface area contributed by atoms with Crippen LogP contribution in [0.5, 0.6) is 11.5 Å². The van der Waals surface area contributed by atoms with Crippen LogP contribution in [0.1, 0.15) is 25.0 Å². The summed E-state index contributed by atoms with van der Waals surface area (Å²) in [5.41, 5.74) is 1.84. The molecule has 0 bridgehead atoms. The number of methoxy groups -OCH3 is 1. The van der Waals surface area contributed by atoms with E-state index in [9.17, 15) is 4.79 Å². The van der Waals surface area contributed by atoms with E-state index in [1.54, 1.807) is 13.2 Å². The minimum absolute atomic E-state index is 0.103. The molecule has 0 aromatic heterocycles. The Balaban J connectivity index is 1.80. The summed E-state index contributed by atoms with van der Waals surface area (Å²) in [6, 6.07) is 14.7. The molecule has 2 aromatic rings. The number of aliphatic imine (C=N–C) groups is 1. The van der Waals surface area contributed by atoms with Gasteiger partial charge in [-0.25, -0.2) is 9.79 Å². The fourth-order valence-electron chi connectivity index (χ4n) is 2.34. The third-order valence-electron chi connectivity index (χ3n) is 3.51. The van der Waals surface area contributed by atoms with Gasteiger partial charge in [0.2, 0.25) is 5.90 Å². The molecule has 2 aromatic carbocycles. The molecule has 0 saturated heterocycles. The molecule has 0 fully saturated rings. The van der Waals surface area contributed by atoms with Crippen molar-refractivity contribution in [2.45, 2.75) is 20.0 Å². The SMILES string of the molecule is COc1ccc(C=C2N=C(c3ccc(OC(C)C)cc3)OC2=O)cc1. The second-order valence-electron chi connectivity index (χ2n) is 5.80. The highest BCUT2D eigenvalue weighted by Gasteiger charge is 2.24. The predicted molar refractivity (Wildman–Crippen MR) is 95.8 cm³/mol. The molecule has 25 heavy (non-hydrogen) atoms. The van der Waals surface area contributed by atoms with Gasteiger partial charge in [0, 0.05) is 5.56 Å². The Kier molecular flexibility index (Phi) is 4.84. The molecule has 0 saturated carbocycles. The first-order valence-electron chi connectivity index (χ1n) is 7.99. The third-order valence-corrected chi connectivity index (χ3v) is 3.51. The van der Waals surface area contributed by atoms with E-state index in [1.165, 1.54) is 0 Å². The molecule has 0 amide bonds. The van der Waals surface area contributed by atoms with Crippen molar-refractivity contribution in [3.8, 4) is 11.5 Å². The Hall–Kier alpha value is -3.08. The number of nitrogens with zero attached hydrogens (tertiary/aromatic N) is 1. The molecular formula is C20H19NO4. The van der Waals surface area contributed by atoms with Gasteiger partial charge < -0.3 is 14.2 Å². The summed E-state index contributed by atoms with van der Waals surface area (Å²) in [6.45, 7) is 3.93. The van der Waals surface area contributed by atoms with Crippen LogP contribution in [-0.2, 0) is 9.53 Å². The number of hydrogen-bond acceptors (Lipinski definition) is 5. The van der Waals surface area contributed by atoms with Crippen molar-refractivity contribution in [3.05, 3.63) is 65.4 Å². The molecule has 0 aliphatic carbocycles. The van der Waals surface area contributed by atoms with Gasteiger partial charge in [0.05, 0.1) is 13.2 Å². The molecule has 1 heterocycles. The van der Waals surface area contributed by atoms with Crippen molar-refractivity contribution in [3.63, 3.8) is 0 Å². The van der Waals surface area contributed by atoms with Crippen LogP contribution in [0.3, 0.4) is 0 Å². The molecule has 1 aliphatic heterocycles. The standard InChI is InChI=1S/C20H19NO4/c1-13(2)24-17-10-6-15(7-11-17)19-21-18(20(22)25-19)12-14-4-8-16(23-3)9-5-14/h4-13H,1-3H3. The number of esters is 1. The van der Waals surface area contributed by atoms with E-state index < -0.39 is 5.97 Å². The van der Waals surface area contributed by atoms with E-state index in [-0.39, 0.29) is 11.8 Å². The van der Waals surface area contributed by atoms with E-state index in [0.717, 1.165) is 22.6 Å². The highest BCUT2D eigenvalue weighted by Crippen LogP contribution is 2.22. The summed E-state index contributed by atoms with van der Waals surface area (Å²) >= 11 is 0. The van der Waals surface area contributed by atoms with Crippen LogP contribution in [0.25, 0.3) is 6.08 Å². The first kappa shape index (κ1) is 16.8. The van der Waals surface area contributed by atoms with Gasteiger partial charge in [-0.1, -0.05) is 12.1 Å². The van der Waals surface area contributed by atoms with E-state index in [1.807, 2.05) is 62.4 Å². The molecule has 5 heteroatoms. The van der Waals surface area contributed by atoms with Gasteiger partial charge in [0.1, 0.15) is 11.5 Å². The maximum atomic E-state index is 12.0. The van der Waals surface area contributed by atoms with Crippen molar-refractivity contribution in [2.24, 2.45) is 4.99 Å². The van der Waals surface area contributed by atoms with Crippen LogP contribution in [0, 0.1) is 0 Å². The summed E-state index contributed by atoms with van der Waals surface area (Å²) < 4.78 is 16.0. The second-order valence-corrected chi connectivity index (χ2v) is 5.80. The van der Waals surface area contributed by atoms with E-state index in [0.29, 0.717) is 5.90 Å². The zero-order valence-electron chi connectivity index (χ0n) is 14.4. The number of ether oxygens (including phenoxy) is 3. The molecule has 0 unspecified atom stereocenters. The molecule has 0 spiro atoms. The Bertz CT molecular complexity index is 818. The number of benzene rings is 2. The van der Waals surface area contributed by atoms with Gasteiger partial charge in [-0.2, -0.15) is 0 Å². The summed E-state index contributed by atoms with van der Waals surface area (Å²) in [4.78, 5) is 16.3. The average molecular weight is 337 g/mol. The average Bonchev–Trinajstić information content (AvgIpc) is 2.96. The first-order valence-corrected chi connectivity index (χ1v) is 7.99. The lowest BCUT2D eigenvalue weighted by atomic mass is 10.2. The molecule has 128 valence electrons. The van der Waals surface area contributed by atoms with Crippen molar-refractivity contribution < 1.29 is 19.0 Å². The maximum absolute atomic E-state index is 12.0. The molecular weight excluding hydrogens is 318 g/mol. The number of hydrogen-bond donors (Lipinski definition) is 0. The van der Waals surface area contributed by atoms with Gasteiger partial charge >= 0.3 is 5.97 Å². The van der Waals surface area contributed by atoms with Crippen molar-refractivity contribution in [1.82, 2.24) is 0 Å². The van der Waals surface area contributed by atoms with Crippen molar-refractivity contribution >= 4 is 17.9 Å². The fraction of sp³-hybridized carbons (Fsp3) is 0.200. The second kappa shape index (κ2) is 7.21. The van der Waals surface area contributed by atoms with Crippen molar-refractivity contribution in [2.75, 3.05) is 7.11 Å². The highest BCUT2D eigenvalue weighted by molar-refractivity contribution is 6.12. The number of carbonyl (C=O) groups is 1. The van der Waals surface area contributed by atoms with Gasteiger partial charge in [-0.05, 0) is 61.9 Å². The molecule has 5 nitrogen and oxygen atoms in total. The molecule has 0 radical (unpaired) electrons. The lowest BCUT2D eigenvalue weighted by Crippen LogP contribution is -2.07. The third kappa shape index (κ3) is 4.07. The maximum Gasteiger partial charge on any atom is 0.363 e. The highest BCUT2D eigenvalue weighted by atomic mass is 16.6. The number of rotatable bonds is 5. The predicted octanol–water partition coefficient (Wildman–Crippen LogP) is 3.83. The quantitative estimate of drug-likeness (QED) is 0.615. The van der Waals surface area contributed by atoms with Gasteiger partial charge in [0.15, 0.2) is 5.70 Å². The van der Waals surface area contributed by atoms with Crippen LogP contribution in [0.15, 0.2) is 59.2 Å². The normalized spacial score (nSPS) is 15.3.